The van der Waals surface area contributed by atoms with Crippen molar-refractivity contribution in [3.05, 3.63) is 23.8 Å². The zero-order chi connectivity index (χ0) is 14.2. The molecule has 5 nitrogen and oxygen atoms in total. The van der Waals surface area contributed by atoms with Gasteiger partial charge < -0.3 is 10.1 Å². The molecule has 1 fully saturated rings. The van der Waals surface area contributed by atoms with Gasteiger partial charge in [-0.25, -0.2) is 8.42 Å². The summed E-state index contributed by atoms with van der Waals surface area (Å²) in [6.45, 7) is 1.90. The zero-order valence-electron chi connectivity index (χ0n) is 11.6. The van der Waals surface area contributed by atoms with Crippen molar-refractivity contribution in [1.82, 2.24) is 4.31 Å². The fourth-order valence-electron chi connectivity index (χ4n) is 2.97. The molecule has 20 heavy (non-hydrogen) atoms. The molecule has 1 aromatic rings. The van der Waals surface area contributed by atoms with Gasteiger partial charge in [-0.15, -0.1) is 0 Å². The highest BCUT2D eigenvalue weighted by Crippen LogP contribution is 2.31. The monoisotopic (exact) mass is 296 g/mol. The van der Waals surface area contributed by atoms with E-state index in [1.165, 1.54) is 0 Å². The summed E-state index contributed by atoms with van der Waals surface area (Å²) >= 11 is 0. The lowest BCUT2D eigenvalue weighted by Crippen LogP contribution is -2.31. The van der Waals surface area contributed by atoms with Crippen LogP contribution in [0.15, 0.2) is 23.1 Å². The van der Waals surface area contributed by atoms with Gasteiger partial charge in [-0.1, -0.05) is 6.07 Å². The molecule has 1 aromatic carbocycles. The lowest BCUT2D eigenvalue weighted by Gasteiger charge is -2.23. The van der Waals surface area contributed by atoms with Crippen LogP contribution in [-0.2, 0) is 21.2 Å². The van der Waals surface area contributed by atoms with Gasteiger partial charge in [0, 0.05) is 32.4 Å². The molecule has 1 atom stereocenters. The Balaban J connectivity index is 1.96. The standard InChI is InChI=1S/C14H20N2O3S/c1-19-11-7-9-16(10-11)20(17,18)14-6-2-5-13-12(14)4-3-8-15-13/h2,5-6,11,15H,3-4,7-10H2,1H3. The number of ether oxygens (including phenoxy) is 1. The van der Waals surface area contributed by atoms with Gasteiger partial charge in [0.05, 0.1) is 11.0 Å². The van der Waals surface area contributed by atoms with Crippen molar-refractivity contribution >= 4 is 15.7 Å². The molecule has 2 aliphatic rings. The number of hydrogen-bond donors (Lipinski definition) is 1. The summed E-state index contributed by atoms with van der Waals surface area (Å²) in [6.07, 6.45) is 2.57. The molecule has 0 aromatic heterocycles. The van der Waals surface area contributed by atoms with Crippen LogP contribution in [-0.4, -0.2) is 45.6 Å². The molecule has 2 aliphatic heterocycles. The van der Waals surface area contributed by atoms with Gasteiger partial charge in [-0.2, -0.15) is 4.31 Å². The Morgan fingerprint density at radius 3 is 3.00 bits per heavy atom. The second-order valence-electron chi connectivity index (χ2n) is 5.32. The van der Waals surface area contributed by atoms with Crippen LogP contribution < -0.4 is 5.32 Å². The molecule has 0 saturated carbocycles. The van der Waals surface area contributed by atoms with Gasteiger partial charge in [0.25, 0.3) is 0 Å². The van der Waals surface area contributed by atoms with Crippen LogP contribution in [0.1, 0.15) is 18.4 Å². The summed E-state index contributed by atoms with van der Waals surface area (Å²) in [7, 11) is -1.78. The van der Waals surface area contributed by atoms with Crippen molar-refractivity contribution in [2.45, 2.75) is 30.3 Å². The van der Waals surface area contributed by atoms with E-state index in [2.05, 4.69) is 5.32 Å². The summed E-state index contributed by atoms with van der Waals surface area (Å²) in [4.78, 5) is 0.457. The van der Waals surface area contributed by atoms with Gasteiger partial charge in [0.15, 0.2) is 0 Å². The van der Waals surface area contributed by atoms with Crippen LogP contribution in [0.3, 0.4) is 0 Å². The maximum absolute atomic E-state index is 12.8. The minimum absolute atomic E-state index is 0.0161. The quantitative estimate of drug-likeness (QED) is 0.917. The van der Waals surface area contributed by atoms with Gasteiger partial charge in [-0.3, -0.25) is 0 Å². The summed E-state index contributed by atoms with van der Waals surface area (Å²) in [5.41, 5.74) is 1.89. The van der Waals surface area contributed by atoms with E-state index in [4.69, 9.17) is 4.74 Å². The number of nitrogens with zero attached hydrogens (tertiary/aromatic N) is 1. The molecule has 0 aliphatic carbocycles. The number of nitrogens with one attached hydrogen (secondary N) is 1. The average Bonchev–Trinajstić information content (AvgIpc) is 2.96. The third kappa shape index (κ3) is 2.32. The molecule has 1 saturated heterocycles. The summed E-state index contributed by atoms with van der Waals surface area (Å²) < 4.78 is 32.4. The van der Waals surface area contributed by atoms with Crippen molar-refractivity contribution in [1.29, 1.82) is 0 Å². The maximum Gasteiger partial charge on any atom is 0.243 e. The molecular weight excluding hydrogens is 276 g/mol. The van der Waals surface area contributed by atoms with Gasteiger partial charge in [0.2, 0.25) is 10.0 Å². The fourth-order valence-corrected chi connectivity index (χ4v) is 4.73. The number of anilines is 1. The van der Waals surface area contributed by atoms with Crippen LogP contribution in [0.5, 0.6) is 0 Å². The molecule has 0 bridgehead atoms. The first kappa shape index (κ1) is 13.9. The molecule has 1 unspecified atom stereocenters. The molecular formula is C14H20N2O3S. The third-order valence-corrected chi connectivity index (χ3v) is 6.06. The number of hydrogen-bond acceptors (Lipinski definition) is 4. The number of fused-ring (bicyclic) bond motifs is 1. The molecule has 0 radical (unpaired) electrons. The average molecular weight is 296 g/mol. The Bertz CT molecular complexity index is 600. The lowest BCUT2D eigenvalue weighted by molar-refractivity contribution is 0.115. The minimum atomic E-state index is -3.41. The third-order valence-electron chi connectivity index (χ3n) is 4.11. The van der Waals surface area contributed by atoms with Crippen molar-refractivity contribution in [2.24, 2.45) is 0 Å². The van der Waals surface area contributed by atoms with Crippen LogP contribution in [0, 0.1) is 0 Å². The first-order valence-corrected chi connectivity index (χ1v) is 8.45. The minimum Gasteiger partial charge on any atom is -0.385 e. The highest BCUT2D eigenvalue weighted by Gasteiger charge is 2.34. The Morgan fingerprint density at radius 1 is 1.40 bits per heavy atom. The Labute approximate surface area is 120 Å². The van der Waals surface area contributed by atoms with E-state index >= 15 is 0 Å². The second kappa shape index (κ2) is 5.35. The van der Waals surface area contributed by atoms with Crippen molar-refractivity contribution in [3.63, 3.8) is 0 Å². The number of methoxy groups -OCH3 is 1. The largest absolute Gasteiger partial charge is 0.385 e. The van der Waals surface area contributed by atoms with Crippen LogP contribution >= 0.6 is 0 Å². The van der Waals surface area contributed by atoms with E-state index < -0.39 is 10.0 Å². The molecule has 110 valence electrons. The molecule has 2 heterocycles. The molecule has 0 amide bonds. The van der Waals surface area contributed by atoms with Crippen LogP contribution in [0.2, 0.25) is 0 Å². The maximum atomic E-state index is 12.8. The fraction of sp³-hybridized carbons (Fsp3) is 0.571. The zero-order valence-corrected chi connectivity index (χ0v) is 12.4. The van der Waals surface area contributed by atoms with Crippen LogP contribution in [0.25, 0.3) is 0 Å². The predicted octanol–water partition coefficient (Wildman–Crippen LogP) is 1.45. The van der Waals surface area contributed by atoms with Gasteiger partial charge in [0.1, 0.15) is 0 Å². The van der Waals surface area contributed by atoms with Crippen molar-refractivity contribution in [3.8, 4) is 0 Å². The molecule has 6 heteroatoms. The lowest BCUT2D eigenvalue weighted by atomic mass is 10.0. The smallest absolute Gasteiger partial charge is 0.243 e. The number of sulfonamides is 1. The number of rotatable bonds is 3. The van der Waals surface area contributed by atoms with E-state index in [0.29, 0.717) is 18.0 Å². The van der Waals surface area contributed by atoms with E-state index in [-0.39, 0.29) is 6.10 Å². The highest BCUT2D eigenvalue weighted by molar-refractivity contribution is 7.89. The van der Waals surface area contributed by atoms with Crippen molar-refractivity contribution in [2.75, 3.05) is 32.1 Å². The summed E-state index contributed by atoms with van der Waals surface area (Å²) in [5.74, 6) is 0. The Hall–Kier alpha value is -1.11. The highest BCUT2D eigenvalue weighted by atomic mass is 32.2. The summed E-state index contributed by atoms with van der Waals surface area (Å²) in [5, 5.41) is 3.28. The van der Waals surface area contributed by atoms with E-state index in [9.17, 15) is 8.42 Å². The molecule has 3 rings (SSSR count). The SMILES string of the molecule is COC1CCN(S(=O)(=O)c2cccc3c2CCCN3)C1. The molecule has 0 spiro atoms. The molecule has 1 N–H and O–H groups in total. The normalized spacial score (nSPS) is 23.4. The topological polar surface area (TPSA) is 58.6 Å². The first-order valence-electron chi connectivity index (χ1n) is 7.01. The number of benzene rings is 1. The first-order chi connectivity index (χ1) is 9.63. The van der Waals surface area contributed by atoms with Crippen LogP contribution in [0.4, 0.5) is 5.69 Å². The van der Waals surface area contributed by atoms with E-state index in [1.54, 1.807) is 17.5 Å². The van der Waals surface area contributed by atoms with Crippen molar-refractivity contribution < 1.29 is 13.2 Å². The van der Waals surface area contributed by atoms with Gasteiger partial charge >= 0.3 is 0 Å². The van der Waals surface area contributed by atoms with E-state index in [1.807, 2.05) is 12.1 Å². The Morgan fingerprint density at radius 2 is 2.25 bits per heavy atom. The Kier molecular flexibility index (Phi) is 3.70. The van der Waals surface area contributed by atoms with E-state index in [0.717, 1.165) is 37.1 Å². The van der Waals surface area contributed by atoms with Gasteiger partial charge in [-0.05, 0) is 37.0 Å². The predicted molar refractivity (Wildman–Crippen MR) is 77.4 cm³/mol. The summed E-state index contributed by atoms with van der Waals surface area (Å²) in [6, 6.07) is 5.49. The second-order valence-corrected chi connectivity index (χ2v) is 7.23.